The van der Waals surface area contributed by atoms with E-state index < -0.39 is 17.9 Å². The van der Waals surface area contributed by atoms with Gasteiger partial charge in [-0.2, -0.15) is 0 Å². The number of amides is 1. The summed E-state index contributed by atoms with van der Waals surface area (Å²) in [5.41, 5.74) is 3.66. The smallest absolute Gasteiger partial charge is 0.336 e. The molecule has 2 bridgehead atoms. The van der Waals surface area contributed by atoms with E-state index in [1.165, 1.54) is 40.0 Å². The van der Waals surface area contributed by atoms with Crippen molar-refractivity contribution in [3.8, 4) is 0 Å². The standard InChI is InChI=1S/C44H59Cl2N5O6/c1-6-49(7-2)21-22-57-28-31-12-9-8-11-30(31)15-16-36-40(43(53)55-4)42(39-34(45)13-10-14-35(39)46)41(44(54)56-5)37(47-36)26-38(52)51-19-17-50(18-20-51)33-24-29-23-32(25-33)48(3)27-29/h8-14,29,32-33,42,47H,6-7,15-28H2,1-5H3. The van der Waals surface area contributed by atoms with Crippen molar-refractivity contribution < 1.29 is 28.6 Å². The molecule has 2 aromatic carbocycles. The van der Waals surface area contributed by atoms with Gasteiger partial charge in [0.2, 0.25) is 5.91 Å². The number of hydrogen-bond acceptors (Lipinski definition) is 10. The number of carbonyl (C=O) groups is 3. The first kappa shape index (κ1) is 43.1. The summed E-state index contributed by atoms with van der Waals surface area (Å²) < 4.78 is 16.9. The van der Waals surface area contributed by atoms with E-state index in [4.69, 9.17) is 37.4 Å². The number of nitrogens with one attached hydrogen (secondary N) is 1. The minimum Gasteiger partial charge on any atom is -0.466 e. The zero-order valence-corrected chi connectivity index (χ0v) is 35.7. The van der Waals surface area contributed by atoms with Crippen molar-refractivity contribution >= 4 is 41.0 Å². The number of halogens is 2. The minimum atomic E-state index is -1.06. The minimum absolute atomic E-state index is 0.101. The molecule has 310 valence electrons. The van der Waals surface area contributed by atoms with Crippen LogP contribution in [0, 0.1) is 5.92 Å². The molecule has 0 spiro atoms. The summed E-state index contributed by atoms with van der Waals surface area (Å²) in [6.07, 6.45) is 4.49. The highest BCUT2D eigenvalue weighted by Crippen LogP contribution is 2.46. The van der Waals surface area contributed by atoms with Gasteiger partial charge < -0.3 is 34.2 Å². The lowest BCUT2D eigenvalue weighted by Crippen LogP contribution is -2.53. The summed E-state index contributed by atoms with van der Waals surface area (Å²) in [4.78, 5) is 51.3. The molecule has 1 saturated carbocycles. The number of benzene rings is 2. The van der Waals surface area contributed by atoms with E-state index in [9.17, 15) is 14.4 Å². The largest absolute Gasteiger partial charge is 0.466 e. The van der Waals surface area contributed by atoms with Crippen molar-refractivity contribution in [2.75, 3.05) is 80.2 Å². The van der Waals surface area contributed by atoms with Gasteiger partial charge in [0.05, 0.1) is 50.9 Å². The Kier molecular flexibility index (Phi) is 15.1. The number of carbonyl (C=O) groups excluding carboxylic acids is 3. The number of aryl methyl sites for hydroxylation is 1. The van der Waals surface area contributed by atoms with Gasteiger partial charge in [-0.25, -0.2) is 9.59 Å². The Balaban J connectivity index is 1.27. The molecule has 3 heterocycles. The van der Waals surface area contributed by atoms with Gasteiger partial charge in [0.1, 0.15) is 0 Å². The van der Waals surface area contributed by atoms with Crippen LogP contribution < -0.4 is 5.32 Å². The first-order chi connectivity index (χ1) is 27.6. The summed E-state index contributed by atoms with van der Waals surface area (Å²) in [6.45, 7) is 12.1. The molecular formula is C44H59Cl2N5O6. The van der Waals surface area contributed by atoms with Crippen LogP contribution in [0.4, 0.5) is 0 Å². The number of ether oxygens (including phenoxy) is 3. The van der Waals surface area contributed by atoms with Crippen molar-refractivity contribution in [1.29, 1.82) is 0 Å². The number of methoxy groups -OCH3 is 2. The summed E-state index contributed by atoms with van der Waals surface area (Å²) in [5.74, 6) is -1.75. The molecule has 2 saturated heterocycles. The number of rotatable bonds is 16. The Labute approximate surface area is 348 Å². The van der Waals surface area contributed by atoms with Gasteiger partial charge in [0.25, 0.3) is 0 Å². The second-order valence-electron chi connectivity index (χ2n) is 15.7. The topological polar surface area (TPSA) is 104 Å². The second kappa shape index (κ2) is 20.0. The molecule has 6 rings (SSSR count). The fourth-order valence-electron chi connectivity index (χ4n) is 9.38. The van der Waals surface area contributed by atoms with Crippen LogP contribution in [0.3, 0.4) is 0 Å². The summed E-state index contributed by atoms with van der Waals surface area (Å²) in [6, 6.07) is 14.3. The first-order valence-corrected chi connectivity index (χ1v) is 21.2. The number of allylic oxidation sites excluding steroid dienone is 1. The summed E-state index contributed by atoms with van der Waals surface area (Å²) >= 11 is 13.7. The van der Waals surface area contributed by atoms with Crippen molar-refractivity contribution in [2.24, 2.45) is 5.92 Å². The van der Waals surface area contributed by atoms with Gasteiger partial charge in [0.15, 0.2) is 0 Å². The van der Waals surface area contributed by atoms with Crippen LogP contribution in [-0.2, 0) is 41.6 Å². The number of dihydropyridines is 1. The third-order valence-corrected chi connectivity index (χ3v) is 13.2. The Morgan fingerprint density at radius 2 is 1.44 bits per heavy atom. The molecule has 4 atom stereocenters. The van der Waals surface area contributed by atoms with Crippen molar-refractivity contribution in [1.82, 2.24) is 24.9 Å². The van der Waals surface area contributed by atoms with Gasteiger partial charge >= 0.3 is 11.9 Å². The maximum absolute atomic E-state index is 14.2. The van der Waals surface area contributed by atoms with Crippen LogP contribution in [0.5, 0.6) is 0 Å². The van der Waals surface area contributed by atoms with Crippen LogP contribution >= 0.6 is 23.2 Å². The maximum atomic E-state index is 14.2. The molecule has 57 heavy (non-hydrogen) atoms. The lowest BCUT2D eigenvalue weighted by Gasteiger charge is -2.42. The van der Waals surface area contributed by atoms with E-state index in [0.29, 0.717) is 68.2 Å². The third kappa shape index (κ3) is 10.1. The SMILES string of the molecule is CCN(CC)CCOCc1ccccc1CCC1=C(C(=O)OC)C(c2c(Cl)cccc2Cl)C(C(=O)OC)=C(CC(=O)N2CCN(C3CC4CC(C3)N(C)C4)CC2)N1. The molecule has 1 aliphatic carbocycles. The van der Waals surface area contributed by atoms with Crippen LogP contribution in [-0.4, -0.2) is 130 Å². The Morgan fingerprint density at radius 3 is 2.07 bits per heavy atom. The lowest BCUT2D eigenvalue weighted by atomic mass is 9.78. The van der Waals surface area contributed by atoms with Gasteiger partial charge in [-0.15, -0.1) is 0 Å². The number of piperazine rings is 1. The molecule has 11 nitrogen and oxygen atoms in total. The van der Waals surface area contributed by atoms with Crippen LogP contribution in [0.2, 0.25) is 10.0 Å². The predicted octanol–water partition coefficient (Wildman–Crippen LogP) is 6.04. The number of fused-ring (bicyclic) bond motifs is 2. The number of nitrogens with zero attached hydrogens (tertiary/aromatic N) is 4. The molecule has 0 aromatic heterocycles. The highest BCUT2D eigenvalue weighted by Gasteiger charge is 2.43. The number of hydrogen-bond donors (Lipinski definition) is 1. The van der Waals surface area contributed by atoms with Crippen molar-refractivity contribution in [3.05, 3.63) is 91.7 Å². The lowest BCUT2D eigenvalue weighted by molar-refractivity contribution is -0.137. The summed E-state index contributed by atoms with van der Waals surface area (Å²) in [7, 11) is 4.83. The first-order valence-electron chi connectivity index (χ1n) is 20.5. The number of likely N-dealkylation sites (tertiary alicyclic amines) is 1. The Bertz CT molecular complexity index is 1800. The molecule has 4 aliphatic rings. The maximum Gasteiger partial charge on any atom is 0.336 e. The molecule has 1 N–H and O–H groups in total. The predicted molar refractivity (Wildman–Crippen MR) is 223 cm³/mol. The average Bonchev–Trinajstić information content (AvgIpc) is 3.48. The zero-order chi connectivity index (χ0) is 40.6. The molecule has 1 amide bonds. The summed E-state index contributed by atoms with van der Waals surface area (Å²) in [5, 5.41) is 3.96. The zero-order valence-electron chi connectivity index (χ0n) is 34.2. The normalized spacial score (nSPS) is 22.9. The average molecular weight is 825 g/mol. The van der Waals surface area contributed by atoms with E-state index >= 15 is 0 Å². The van der Waals surface area contributed by atoms with Crippen molar-refractivity contribution in [3.63, 3.8) is 0 Å². The third-order valence-electron chi connectivity index (χ3n) is 12.5. The highest BCUT2D eigenvalue weighted by atomic mass is 35.5. The van der Waals surface area contributed by atoms with Gasteiger partial charge in [0, 0.05) is 78.4 Å². The van der Waals surface area contributed by atoms with E-state index in [-0.39, 0.29) is 33.5 Å². The molecule has 4 unspecified atom stereocenters. The van der Waals surface area contributed by atoms with E-state index in [0.717, 1.165) is 49.8 Å². The quantitative estimate of drug-likeness (QED) is 0.159. The highest BCUT2D eigenvalue weighted by molar-refractivity contribution is 6.36. The fraction of sp³-hybridized carbons (Fsp3) is 0.568. The van der Waals surface area contributed by atoms with E-state index in [1.54, 1.807) is 18.2 Å². The number of likely N-dealkylation sites (N-methyl/N-ethyl adjacent to an activating group) is 1. The van der Waals surface area contributed by atoms with Crippen molar-refractivity contribution in [2.45, 2.75) is 77.0 Å². The molecule has 13 heteroatoms. The van der Waals surface area contributed by atoms with Crippen LogP contribution in [0.25, 0.3) is 0 Å². The molecular weight excluding hydrogens is 765 g/mol. The van der Waals surface area contributed by atoms with Gasteiger partial charge in [-0.3, -0.25) is 9.69 Å². The molecule has 0 radical (unpaired) electrons. The molecule has 2 aromatic rings. The van der Waals surface area contributed by atoms with E-state index in [1.807, 2.05) is 17.0 Å². The van der Waals surface area contributed by atoms with Gasteiger partial charge in [-0.1, -0.05) is 67.4 Å². The van der Waals surface area contributed by atoms with Crippen LogP contribution in [0.1, 0.15) is 68.6 Å². The molecule has 3 aliphatic heterocycles. The monoisotopic (exact) mass is 823 g/mol. The van der Waals surface area contributed by atoms with Crippen LogP contribution in [0.15, 0.2) is 65.0 Å². The molecule has 3 fully saturated rings. The van der Waals surface area contributed by atoms with E-state index in [2.05, 4.69) is 53.0 Å². The number of esters is 2. The second-order valence-corrected chi connectivity index (χ2v) is 16.5. The fourth-order valence-corrected chi connectivity index (χ4v) is 9.99. The Morgan fingerprint density at radius 1 is 0.807 bits per heavy atom. The Hall–Kier alpha value is -3.45. The van der Waals surface area contributed by atoms with Gasteiger partial charge in [-0.05, 0) is 81.4 Å².